The molecule has 8 rings (SSSR count). The minimum atomic E-state index is -1.39. The number of nitrogen functional groups attached to an aromatic ring is 1. The van der Waals surface area contributed by atoms with E-state index in [0.29, 0.717) is 43.5 Å². The maximum atomic E-state index is 13.6. The zero-order valence-corrected chi connectivity index (χ0v) is 38.8. The van der Waals surface area contributed by atoms with Crippen molar-refractivity contribution in [1.29, 1.82) is 0 Å². The predicted octanol–water partition coefficient (Wildman–Crippen LogP) is 3.61. The van der Waals surface area contributed by atoms with Crippen LogP contribution in [-0.4, -0.2) is 123 Å². The van der Waals surface area contributed by atoms with Gasteiger partial charge in [0.2, 0.25) is 17.5 Å². The molecule has 1 aliphatic carbocycles. The van der Waals surface area contributed by atoms with E-state index in [-0.39, 0.29) is 83.8 Å². The van der Waals surface area contributed by atoms with Crippen LogP contribution in [-0.2, 0) is 46.5 Å². The Morgan fingerprint density at radius 2 is 1.72 bits per heavy atom. The van der Waals surface area contributed by atoms with Gasteiger partial charge in [0.1, 0.15) is 25.0 Å². The number of amides is 3. The van der Waals surface area contributed by atoms with Gasteiger partial charge in [-0.2, -0.15) is 4.98 Å². The molecule has 4 aromatic rings. The summed E-state index contributed by atoms with van der Waals surface area (Å²) < 4.78 is 22.3. The number of nitrogens with one attached hydrogen (secondary N) is 3. The van der Waals surface area contributed by atoms with E-state index in [9.17, 15) is 33.6 Å². The number of ketones is 3. The fourth-order valence-corrected chi connectivity index (χ4v) is 11.0. The first-order chi connectivity index (χ1) is 32.7. The third-order valence-corrected chi connectivity index (χ3v) is 14.6. The maximum absolute atomic E-state index is 13.6. The number of hydrogen-bond acceptors (Lipinski definition) is 19. The van der Waals surface area contributed by atoms with Crippen LogP contribution in [0.1, 0.15) is 54.2 Å². The molecule has 68 heavy (non-hydrogen) atoms. The molecule has 21 nitrogen and oxygen atoms in total. The van der Waals surface area contributed by atoms with Gasteiger partial charge < -0.3 is 45.9 Å². The van der Waals surface area contributed by atoms with E-state index < -0.39 is 47.0 Å². The number of Topliss-reactive ketones (excluding diaryl/α,β-unsaturated/α-hetero) is 3. The van der Waals surface area contributed by atoms with Gasteiger partial charge in [0.15, 0.2) is 22.6 Å². The number of anilines is 2. The van der Waals surface area contributed by atoms with Crippen molar-refractivity contribution < 1.29 is 47.7 Å². The highest BCUT2D eigenvalue weighted by atomic mass is 33.1. The molecular formula is C45H48N10O11S2. The molecule has 4 aliphatic rings. The Kier molecular flexibility index (Phi) is 14.0. The number of allylic oxidation sites excluding steroid dienone is 2. The standard InChI is InChI=1S/C45H48N10O11S2/c1-23-35(57)34-32(36(58)37(23)63-2)30(22-65-43(47)61)45(64-3)38-31(20-54(34)45)55(38)44(62)66-21-24-8-14-29(15-9-24)68-67-17-5-7-28(56)6-4-16-48-40(59)25-10-12-26(13-11-25)49-18-27-19-50-39-33(51-27)41(60)53-42(46)52-39/h8-15,19,30-31,38,49H,4-7,16-18,20-22H2,1-3H3,(H2,47,61)(H,48,59)(H3,46,50,52,53,60)/t30-,31+,38+,45-,55?/m1/s1. The number of methoxy groups -OCH3 is 2. The minimum Gasteiger partial charge on any atom is -0.492 e. The number of ether oxygens (including phenoxy) is 4. The van der Waals surface area contributed by atoms with E-state index in [4.69, 9.17) is 30.4 Å². The zero-order valence-electron chi connectivity index (χ0n) is 37.2. The van der Waals surface area contributed by atoms with E-state index in [1.165, 1.54) is 32.2 Å². The summed E-state index contributed by atoms with van der Waals surface area (Å²) >= 11 is 0. The van der Waals surface area contributed by atoms with E-state index >= 15 is 0 Å². The summed E-state index contributed by atoms with van der Waals surface area (Å²) in [6, 6.07) is 13.5. The summed E-state index contributed by atoms with van der Waals surface area (Å²) in [5.41, 5.74) is 12.1. The lowest BCUT2D eigenvalue weighted by Gasteiger charge is -2.40. The fourth-order valence-electron chi connectivity index (χ4n) is 8.93. The number of rotatable bonds is 20. The van der Waals surface area contributed by atoms with Crippen molar-refractivity contribution in [3.05, 3.63) is 105 Å². The highest BCUT2D eigenvalue weighted by Crippen LogP contribution is 2.60. The molecule has 3 aliphatic heterocycles. The quantitative estimate of drug-likeness (QED) is 0.0366. The van der Waals surface area contributed by atoms with E-state index in [0.717, 1.165) is 21.9 Å². The number of H-pyrrole nitrogens is 1. The number of aromatic amines is 1. The number of aromatic nitrogens is 4. The molecule has 3 amide bonds. The topological polar surface area (TPSA) is 293 Å². The largest absolute Gasteiger partial charge is 0.492 e. The second-order valence-electron chi connectivity index (χ2n) is 16.3. The van der Waals surface area contributed by atoms with E-state index in [1.807, 2.05) is 24.3 Å². The lowest BCUT2D eigenvalue weighted by molar-refractivity contribution is -0.144. The summed E-state index contributed by atoms with van der Waals surface area (Å²) in [5, 5.41) is 6.04. The second kappa shape index (κ2) is 20.1. The average molecular weight is 969 g/mol. The van der Waals surface area contributed by atoms with Gasteiger partial charge in [0.25, 0.3) is 11.5 Å². The average Bonchev–Trinajstić information content (AvgIpc) is 3.84. The van der Waals surface area contributed by atoms with Gasteiger partial charge in [-0.1, -0.05) is 33.7 Å². The number of primary amides is 1. The number of hydrogen-bond donors (Lipinski definition) is 5. The molecule has 2 aromatic carbocycles. The Labute approximate surface area is 396 Å². The molecule has 356 valence electrons. The molecule has 2 saturated heterocycles. The Balaban J connectivity index is 0.709. The molecule has 0 radical (unpaired) electrons. The molecule has 23 heteroatoms. The molecule has 2 fully saturated rings. The van der Waals surface area contributed by atoms with Crippen molar-refractivity contribution in [3.8, 4) is 0 Å². The maximum Gasteiger partial charge on any atom is 0.410 e. The first-order valence-electron chi connectivity index (χ1n) is 21.6. The fraction of sp³-hybridized carbons (Fsp3) is 0.378. The van der Waals surface area contributed by atoms with Crippen LogP contribution in [0.2, 0.25) is 0 Å². The van der Waals surface area contributed by atoms with Crippen LogP contribution >= 0.6 is 21.6 Å². The zero-order chi connectivity index (χ0) is 48.3. The molecule has 7 N–H and O–H groups in total. The highest BCUT2D eigenvalue weighted by molar-refractivity contribution is 8.76. The Morgan fingerprint density at radius 3 is 2.44 bits per heavy atom. The summed E-state index contributed by atoms with van der Waals surface area (Å²) in [6.45, 7) is 2.00. The summed E-state index contributed by atoms with van der Waals surface area (Å²) in [7, 11) is 5.93. The third-order valence-electron chi connectivity index (χ3n) is 12.1. The second-order valence-corrected chi connectivity index (χ2v) is 18.8. The summed E-state index contributed by atoms with van der Waals surface area (Å²) in [5.74, 6) is -1.36. The molecule has 0 bridgehead atoms. The molecule has 5 heterocycles. The van der Waals surface area contributed by atoms with Crippen molar-refractivity contribution in [2.45, 2.75) is 68.5 Å². The Morgan fingerprint density at radius 1 is 0.971 bits per heavy atom. The summed E-state index contributed by atoms with van der Waals surface area (Å²) in [6.07, 6.45) is 1.90. The van der Waals surface area contributed by atoms with Crippen LogP contribution in [0.5, 0.6) is 0 Å². The van der Waals surface area contributed by atoms with E-state index in [2.05, 4.69) is 30.6 Å². The number of carbonyl (C=O) groups is 6. The first-order valence-corrected chi connectivity index (χ1v) is 23.9. The number of carbonyl (C=O) groups excluding carboxylic acids is 6. The lowest BCUT2D eigenvalue weighted by Crippen LogP contribution is -2.56. The van der Waals surface area contributed by atoms with Gasteiger partial charge in [0.05, 0.1) is 43.2 Å². The SMILES string of the molecule is COC1=C(C)C(=O)C2=C(C1=O)[C@@H](COC(N)=O)[C@@]1(OC)[C@@H]3[C@H](CN21)N3C(=O)OCc1ccc(SSCCCC(=O)CCCNC(=O)c2ccc(NCc3cnc4nc(N)[nH]c(=O)c4n3)cc2)cc1. The lowest BCUT2D eigenvalue weighted by atomic mass is 9.83. The number of fused-ring (bicyclic) bond motifs is 5. The molecular weight excluding hydrogens is 921 g/mol. The molecule has 0 unspecified atom stereocenters. The molecule has 4 atom stereocenters. The monoisotopic (exact) mass is 968 g/mol. The van der Waals surface area contributed by atoms with Gasteiger partial charge in [-0.05, 0) is 61.7 Å². The van der Waals surface area contributed by atoms with Crippen molar-refractivity contribution >= 4 is 79.8 Å². The number of benzene rings is 2. The van der Waals surface area contributed by atoms with Crippen LogP contribution in [0.15, 0.2) is 87.0 Å². The molecule has 0 saturated carbocycles. The smallest absolute Gasteiger partial charge is 0.410 e. The van der Waals surface area contributed by atoms with Crippen molar-refractivity contribution in [3.63, 3.8) is 0 Å². The van der Waals surface area contributed by atoms with Crippen LogP contribution in [0.3, 0.4) is 0 Å². The summed E-state index contributed by atoms with van der Waals surface area (Å²) in [4.78, 5) is 109. The van der Waals surface area contributed by atoms with Gasteiger partial charge in [-0.15, -0.1) is 0 Å². The van der Waals surface area contributed by atoms with Crippen molar-refractivity contribution in [1.82, 2.24) is 35.1 Å². The van der Waals surface area contributed by atoms with Crippen molar-refractivity contribution in [2.75, 3.05) is 50.7 Å². The predicted molar refractivity (Wildman–Crippen MR) is 249 cm³/mol. The van der Waals surface area contributed by atoms with Crippen LogP contribution in [0, 0.1) is 5.92 Å². The minimum absolute atomic E-state index is 0.000135. The Bertz CT molecular complexity index is 2800. The molecule has 2 aromatic heterocycles. The van der Waals surface area contributed by atoms with Gasteiger partial charge in [-0.3, -0.25) is 33.9 Å². The third kappa shape index (κ3) is 9.45. The number of nitrogens with two attached hydrogens (primary N) is 2. The number of piperazine rings is 1. The van der Waals surface area contributed by atoms with Crippen LogP contribution < -0.4 is 27.7 Å². The van der Waals surface area contributed by atoms with Crippen LogP contribution in [0.4, 0.5) is 21.2 Å². The van der Waals surface area contributed by atoms with Gasteiger partial charge >= 0.3 is 12.2 Å². The van der Waals surface area contributed by atoms with E-state index in [1.54, 1.807) is 50.8 Å². The van der Waals surface area contributed by atoms with Gasteiger partial charge in [-0.25, -0.2) is 19.6 Å². The first kappa shape index (κ1) is 47.5. The van der Waals surface area contributed by atoms with Gasteiger partial charge in [0, 0.05) is 66.1 Å². The van der Waals surface area contributed by atoms with Crippen molar-refractivity contribution in [2.24, 2.45) is 11.7 Å². The van der Waals surface area contributed by atoms with Crippen LogP contribution in [0.25, 0.3) is 11.2 Å². The highest BCUT2D eigenvalue weighted by Gasteiger charge is 2.78. The molecule has 0 spiro atoms. The Hall–Kier alpha value is -6.98. The number of nitrogens with zero attached hydrogens (tertiary/aromatic N) is 5. The normalized spacial score (nSPS) is 20.2.